The molecule has 3 aromatic rings. The minimum absolute atomic E-state index is 0.0373. The molecule has 0 bridgehead atoms. The Hall–Kier alpha value is -2.28. The van der Waals surface area contributed by atoms with Gasteiger partial charge in [-0.2, -0.15) is 0 Å². The molecule has 1 N–H and O–H groups in total. The number of benzene rings is 1. The van der Waals surface area contributed by atoms with Crippen LogP contribution in [0.5, 0.6) is 0 Å². The molecule has 5 nitrogen and oxygen atoms in total. The predicted octanol–water partition coefficient (Wildman–Crippen LogP) is 5.74. The van der Waals surface area contributed by atoms with Crippen molar-refractivity contribution in [1.82, 2.24) is 19.7 Å². The fraction of sp³-hybridized carbons (Fsp3) is 0.423. The van der Waals surface area contributed by atoms with Crippen LogP contribution in [0.15, 0.2) is 42.6 Å². The molecule has 3 aliphatic rings. The molecule has 1 saturated carbocycles. The number of amides is 2. The fourth-order valence-electron chi connectivity index (χ4n) is 5.68. The Labute approximate surface area is 204 Å². The molecule has 0 radical (unpaired) electrons. The molecule has 1 aliphatic carbocycles. The van der Waals surface area contributed by atoms with Gasteiger partial charge in [-0.3, -0.25) is 0 Å². The Morgan fingerprint density at radius 3 is 2.67 bits per heavy atom. The molecule has 6 rings (SSSR count). The maximum absolute atomic E-state index is 13.8. The summed E-state index contributed by atoms with van der Waals surface area (Å²) in [5.41, 5.74) is 4.98. The lowest BCUT2D eigenvalue weighted by atomic mass is 10.0. The van der Waals surface area contributed by atoms with Gasteiger partial charge < -0.3 is 19.7 Å². The van der Waals surface area contributed by atoms with E-state index in [0.717, 1.165) is 43.6 Å². The summed E-state index contributed by atoms with van der Waals surface area (Å²) in [6.45, 7) is 2.67. The molecule has 172 valence electrons. The SMILES string of the molecule is CN1CCc2c(sc3c2CN(C(=O)NC2CCCC2)[C@@H](c2ccc(Cl)cc2)c2cccn2-3)C1. The lowest BCUT2D eigenvalue weighted by molar-refractivity contribution is 0.176. The molecule has 33 heavy (non-hydrogen) atoms. The predicted molar refractivity (Wildman–Crippen MR) is 133 cm³/mol. The van der Waals surface area contributed by atoms with Crippen molar-refractivity contribution in [2.75, 3.05) is 13.6 Å². The summed E-state index contributed by atoms with van der Waals surface area (Å²) in [6, 6.07) is 12.4. The van der Waals surface area contributed by atoms with Crippen LogP contribution in [0, 0.1) is 0 Å². The number of aromatic nitrogens is 1. The van der Waals surface area contributed by atoms with Crippen molar-refractivity contribution in [2.24, 2.45) is 0 Å². The van der Waals surface area contributed by atoms with Crippen LogP contribution < -0.4 is 5.32 Å². The molecule has 0 unspecified atom stereocenters. The summed E-state index contributed by atoms with van der Waals surface area (Å²) in [6.07, 6.45) is 7.74. The highest BCUT2D eigenvalue weighted by Crippen LogP contribution is 2.43. The quantitative estimate of drug-likeness (QED) is 0.508. The van der Waals surface area contributed by atoms with Gasteiger partial charge in [0, 0.05) is 40.8 Å². The average Bonchev–Trinajstić information content (AvgIpc) is 3.53. The van der Waals surface area contributed by atoms with Gasteiger partial charge in [0.2, 0.25) is 0 Å². The molecular formula is C26H29ClN4OS. The zero-order valence-corrected chi connectivity index (χ0v) is 20.5. The normalized spacial score (nSPS) is 20.8. The van der Waals surface area contributed by atoms with Gasteiger partial charge in [-0.15, -0.1) is 11.3 Å². The first kappa shape index (κ1) is 21.3. The van der Waals surface area contributed by atoms with Crippen LogP contribution in [0.2, 0.25) is 5.02 Å². The smallest absolute Gasteiger partial charge is 0.318 e. The zero-order chi connectivity index (χ0) is 22.5. The van der Waals surface area contributed by atoms with Gasteiger partial charge in [0.15, 0.2) is 0 Å². The van der Waals surface area contributed by atoms with Crippen molar-refractivity contribution in [3.8, 4) is 5.00 Å². The molecule has 7 heteroatoms. The fourth-order valence-corrected chi connectivity index (χ4v) is 7.24. The van der Waals surface area contributed by atoms with Crippen molar-refractivity contribution < 1.29 is 4.79 Å². The van der Waals surface area contributed by atoms with E-state index >= 15 is 0 Å². The number of halogens is 1. The molecule has 0 spiro atoms. The molecule has 1 aromatic carbocycles. The van der Waals surface area contributed by atoms with Crippen LogP contribution in [-0.4, -0.2) is 40.0 Å². The van der Waals surface area contributed by atoms with Gasteiger partial charge in [-0.1, -0.05) is 36.6 Å². The van der Waals surface area contributed by atoms with E-state index in [1.165, 1.54) is 33.8 Å². The number of rotatable bonds is 2. The van der Waals surface area contributed by atoms with Gasteiger partial charge in [-0.05, 0) is 61.7 Å². The third-order valence-corrected chi connectivity index (χ3v) is 8.90. The van der Waals surface area contributed by atoms with Crippen LogP contribution in [0.3, 0.4) is 0 Å². The van der Waals surface area contributed by atoms with Gasteiger partial charge >= 0.3 is 6.03 Å². The number of hydrogen-bond acceptors (Lipinski definition) is 3. The molecule has 1 atom stereocenters. The van der Waals surface area contributed by atoms with Crippen molar-refractivity contribution in [3.63, 3.8) is 0 Å². The summed E-state index contributed by atoms with van der Waals surface area (Å²) in [4.78, 5) is 19.7. The van der Waals surface area contributed by atoms with Crippen molar-refractivity contribution in [1.29, 1.82) is 0 Å². The average molecular weight is 481 g/mol. The highest BCUT2D eigenvalue weighted by atomic mass is 35.5. The first-order valence-electron chi connectivity index (χ1n) is 11.9. The zero-order valence-electron chi connectivity index (χ0n) is 18.9. The van der Waals surface area contributed by atoms with E-state index in [1.54, 1.807) is 0 Å². The summed E-state index contributed by atoms with van der Waals surface area (Å²) >= 11 is 8.11. The highest BCUT2D eigenvalue weighted by molar-refractivity contribution is 7.15. The Morgan fingerprint density at radius 2 is 1.88 bits per heavy atom. The number of likely N-dealkylation sites (N-methyl/N-ethyl adjacent to an activating group) is 1. The first-order chi connectivity index (χ1) is 16.1. The first-order valence-corrected chi connectivity index (χ1v) is 13.1. The Bertz CT molecular complexity index is 1180. The maximum atomic E-state index is 13.8. The minimum atomic E-state index is -0.166. The molecular weight excluding hydrogens is 452 g/mol. The van der Waals surface area contributed by atoms with Gasteiger partial charge in [0.1, 0.15) is 5.00 Å². The second-order valence-electron chi connectivity index (χ2n) is 9.59. The van der Waals surface area contributed by atoms with E-state index in [4.69, 9.17) is 11.6 Å². The highest BCUT2D eigenvalue weighted by Gasteiger charge is 2.37. The number of fused-ring (bicyclic) bond motifs is 5. The monoisotopic (exact) mass is 480 g/mol. The van der Waals surface area contributed by atoms with E-state index in [2.05, 4.69) is 57.2 Å². The van der Waals surface area contributed by atoms with Gasteiger partial charge in [-0.25, -0.2) is 4.79 Å². The van der Waals surface area contributed by atoms with E-state index in [9.17, 15) is 4.79 Å². The Balaban J connectivity index is 1.48. The van der Waals surface area contributed by atoms with Crippen LogP contribution >= 0.6 is 22.9 Å². The summed E-state index contributed by atoms with van der Waals surface area (Å²) in [7, 11) is 2.19. The second-order valence-corrected chi connectivity index (χ2v) is 11.1. The number of carbonyl (C=O) groups excluding carboxylic acids is 1. The van der Waals surface area contributed by atoms with E-state index < -0.39 is 0 Å². The van der Waals surface area contributed by atoms with Crippen LogP contribution in [0.4, 0.5) is 4.79 Å². The Morgan fingerprint density at radius 1 is 1.09 bits per heavy atom. The maximum Gasteiger partial charge on any atom is 0.318 e. The van der Waals surface area contributed by atoms with Crippen molar-refractivity contribution in [3.05, 3.63) is 74.9 Å². The third-order valence-electron chi connectivity index (χ3n) is 7.38. The van der Waals surface area contributed by atoms with Gasteiger partial charge in [0.25, 0.3) is 0 Å². The van der Waals surface area contributed by atoms with Crippen LogP contribution in [-0.2, 0) is 19.5 Å². The topological polar surface area (TPSA) is 40.5 Å². The second kappa shape index (κ2) is 8.49. The lowest BCUT2D eigenvalue weighted by Gasteiger charge is -2.32. The van der Waals surface area contributed by atoms with E-state index in [-0.39, 0.29) is 18.1 Å². The molecule has 2 aromatic heterocycles. The number of nitrogens with one attached hydrogen (secondary N) is 1. The molecule has 2 amide bonds. The number of thiophene rings is 1. The van der Waals surface area contributed by atoms with E-state index in [1.807, 2.05) is 23.5 Å². The molecule has 2 aliphatic heterocycles. The largest absolute Gasteiger partial charge is 0.335 e. The number of urea groups is 1. The minimum Gasteiger partial charge on any atom is -0.335 e. The molecule has 4 heterocycles. The Kier molecular flexibility index (Phi) is 5.47. The number of hydrogen-bond donors (Lipinski definition) is 1. The summed E-state index contributed by atoms with van der Waals surface area (Å²) in [5, 5.41) is 5.35. The lowest BCUT2D eigenvalue weighted by Crippen LogP contribution is -2.45. The van der Waals surface area contributed by atoms with Crippen LogP contribution in [0.25, 0.3) is 5.00 Å². The number of carbonyl (C=O) groups is 1. The van der Waals surface area contributed by atoms with Crippen molar-refractivity contribution in [2.45, 2.75) is 57.3 Å². The molecule has 1 fully saturated rings. The van der Waals surface area contributed by atoms with E-state index in [0.29, 0.717) is 11.6 Å². The number of nitrogens with zero attached hydrogens (tertiary/aromatic N) is 3. The summed E-state index contributed by atoms with van der Waals surface area (Å²) < 4.78 is 2.32. The van der Waals surface area contributed by atoms with Crippen LogP contribution in [0.1, 0.15) is 59.0 Å². The third kappa shape index (κ3) is 3.78. The standard InChI is InChI=1S/C26H29ClN4OS/c1-29-14-12-20-21-15-31(26(32)28-19-5-2-3-6-19)24(17-8-10-18(27)11-9-17)22-7-4-13-30(22)25(21)33-23(20)16-29/h4,7-11,13,19,24H,2-3,5-6,12,14-16H2,1H3,(H,28,32)/t24-/m0/s1. The van der Waals surface area contributed by atoms with Gasteiger partial charge in [0.05, 0.1) is 18.3 Å². The summed E-state index contributed by atoms with van der Waals surface area (Å²) in [5.74, 6) is 0. The van der Waals surface area contributed by atoms with Crippen molar-refractivity contribution >= 4 is 29.0 Å². The molecule has 0 saturated heterocycles.